The van der Waals surface area contributed by atoms with Crippen LogP contribution in [-0.2, 0) is 11.3 Å². The Morgan fingerprint density at radius 2 is 1.61 bits per heavy atom. The van der Waals surface area contributed by atoms with Gasteiger partial charge in [-0.05, 0) is 24.3 Å². The van der Waals surface area contributed by atoms with Crippen molar-refractivity contribution >= 4 is 11.6 Å². The lowest BCUT2D eigenvalue weighted by Gasteiger charge is -2.14. The first-order chi connectivity index (χ1) is 15.1. The van der Waals surface area contributed by atoms with Crippen LogP contribution in [0.1, 0.15) is 5.56 Å². The third-order valence-corrected chi connectivity index (χ3v) is 4.96. The summed E-state index contributed by atoms with van der Waals surface area (Å²) in [4.78, 5) is 13.4. The SMILES string of the molecule is C[NH+](CC(=O)Nc1ccccc1F)Cc1cn(-c2ccccc2)nc1-c1ccccc1. The summed E-state index contributed by atoms with van der Waals surface area (Å²) < 4.78 is 15.7. The molecule has 156 valence electrons. The Balaban J connectivity index is 1.53. The van der Waals surface area contributed by atoms with Gasteiger partial charge in [0.1, 0.15) is 18.1 Å². The molecular formula is C25H24FN4O+. The number of hydrogen-bond donors (Lipinski definition) is 2. The molecule has 0 radical (unpaired) electrons. The summed E-state index contributed by atoms with van der Waals surface area (Å²) in [5.41, 5.74) is 4.11. The predicted octanol–water partition coefficient (Wildman–Crippen LogP) is 3.33. The van der Waals surface area contributed by atoms with Crippen molar-refractivity contribution in [2.45, 2.75) is 6.54 Å². The van der Waals surface area contributed by atoms with E-state index in [4.69, 9.17) is 5.10 Å². The Bertz CT molecular complexity index is 1160. The Hall–Kier alpha value is -3.77. The topological polar surface area (TPSA) is 51.4 Å². The van der Waals surface area contributed by atoms with Gasteiger partial charge in [0, 0.05) is 11.8 Å². The molecule has 6 heteroatoms. The van der Waals surface area contributed by atoms with E-state index < -0.39 is 5.82 Å². The van der Waals surface area contributed by atoms with Crippen molar-refractivity contribution in [3.8, 4) is 16.9 Å². The van der Waals surface area contributed by atoms with Crippen molar-refractivity contribution in [3.05, 3.63) is 103 Å². The first-order valence-electron chi connectivity index (χ1n) is 10.2. The second-order valence-electron chi connectivity index (χ2n) is 7.49. The van der Waals surface area contributed by atoms with Gasteiger partial charge in [-0.3, -0.25) is 4.79 Å². The van der Waals surface area contributed by atoms with Crippen molar-refractivity contribution < 1.29 is 14.1 Å². The molecule has 0 fully saturated rings. The van der Waals surface area contributed by atoms with Crippen LogP contribution < -0.4 is 10.2 Å². The van der Waals surface area contributed by atoms with E-state index in [9.17, 15) is 9.18 Å². The van der Waals surface area contributed by atoms with Crippen LogP contribution >= 0.6 is 0 Å². The summed E-state index contributed by atoms with van der Waals surface area (Å²) in [5.74, 6) is -0.677. The highest BCUT2D eigenvalue weighted by Gasteiger charge is 2.18. The third-order valence-electron chi connectivity index (χ3n) is 4.96. The number of nitrogens with one attached hydrogen (secondary N) is 2. The lowest BCUT2D eigenvalue weighted by molar-refractivity contribution is -0.885. The molecule has 5 nitrogen and oxygen atoms in total. The molecule has 1 amide bonds. The largest absolute Gasteiger partial charge is 0.326 e. The average molecular weight is 415 g/mol. The first kappa shape index (κ1) is 20.5. The minimum Gasteiger partial charge on any atom is -0.326 e. The first-order valence-corrected chi connectivity index (χ1v) is 10.2. The van der Waals surface area contributed by atoms with E-state index in [0.717, 1.165) is 27.4 Å². The maximum atomic E-state index is 13.8. The van der Waals surface area contributed by atoms with E-state index in [2.05, 4.69) is 5.32 Å². The quantitative estimate of drug-likeness (QED) is 0.487. The second-order valence-corrected chi connectivity index (χ2v) is 7.49. The van der Waals surface area contributed by atoms with Gasteiger partial charge in [-0.2, -0.15) is 5.10 Å². The van der Waals surface area contributed by atoms with Gasteiger partial charge in [0.05, 0.1) is 24.0 Å². The van der Waals surface area contributed by atoms with Crippen LogP contribution in [0.15, 0.2) is 91.1 Å². The molecule has 0 aliphatic carbocycles. The summed E-state index contributed by atoms with van der Waals surface area (Å²) in [5, 5.41) is 7.46. The predicted molar refractivity (Wildman–Crippen MR) is 119 cm³/mol. The Morgan fingerprint density at radius 1 is 0.968 bits per heavy atom. The van der Waals surface area contributed by atoms with Crippen LogP contribution in [0.2, 0.25) is 0 Å². The van der Waals surface area contributed by atoms with Crippen molar-refractivity contribution in [1.29, 1.82) is 0 Å². The molecule has 2 N–H and O–H groups in total. The van der Waals surface area contributed by atoms with E-state index in [1.807, 2.05) is 78.6 Å². The number of hydrogen-bond acceptors (Lipinski definition) is 2. The fourth-order valence-electron chi connectivity index (χ4n) is 3.51. The summed E-state index contributed by atoms with van der Waals surface area (Å²) >= 11 is 0. The number of halogens is 1. The zero-order valence-electron chi connectivity index (χ0n) is 17.3. The molecule has 31 heavy (non-hydrogen) atoms. The second kappa shape index (κ2) is 9.36. The van der Waals surface area contributed by atoms with E-state index in [-0.39, 0.29) is 18.1 Å². The van der Waals surface area contributed by atoms with Crippen molar-refractivity contribution in [2.75, 3.05) is 18.9 Å². The molecule has 0 aliphatic rings. The number of nitrogens with zero attached hydrogens (tertiary/aromatic N) is 2. The van der Waals surface area contributed by atoms with Crippen LogP contribution in [0, 0.1) is 5.82 Å². The van der Waals surface area contributed by atoms with Gasteiger partial charge < -0.3 is 10.2 Å². The highest BCUT2D eigenvalue weighted by Crippen LogP contribution is 2.23. The van der Waals surface area contributed by atoms with Crippen LogP contribution in [0.3, 0.4) is 0 Å². The van der Waals surface area contributed by atoms with Crippen molar-refractivity contribution in [2.24, 2.45) is 0 Å². The number of amides is 1. The number of likely N-dealkylation sites (N-methyl/N-ethyl adjacent to an activating group) is 1. The lowest BCUT2D eigenvalue weighted by atomic mass is 10.1. The summed E-state index contributed by atoms with van der Waals surface area (Å²) in [6, 6.07) is 26.1. The molecule has 0 saturated carbocycles. The van der Waals surface area contributed by atoms with Crippen molar-refractivity contribution in [3.63, 3.8) is 0 Å². The average Bonchev–Trinajstić information content (AvgIpc) is 3.20. The number of quaternary nitrogens is 1. The standard InChI is InChI=1S/C25H23FN4O/c1-29(18-24(31)27-23-15-9-8-14-22(23)26)16-20-17-30(21-12-6-3-7-13-21)28-25(20)19-10-4-2-5-11-19/h2-15,17H,16,18H2,1H3,(H,27,31)/p+1. The molecule has 0 aliphatic heterocycles. The van der Waals surface area contributed by atoms with E-state index in [0.29, 0.717) is 6.54 Å². The fourth-order valence-corrected chi connectivity index (χ4v) is 3.51. The molecular weight excluding hydrogens is 391 g/mol. The van der Waals surface area contributed by atoms with Crippen LogP contribution in [-0.4, -0.2) is 29.3 Å². The van der Waals surface area contributed by atoms with Gasteiger partial charge in [0.25, 0.3) is 5.91 Å². The van der Waals surface area contributed by atoms with E-state index >= 15 is 0 Å². The molecule has 4 rings (SSSR count). The van der Waals surface area contributed by atoms with E-state index in [1.54, 1.807) is 18.2 Å². The zero-order valence-corrected chi connectivity index (χ0v) is 17.3. The minimum absolute atomic E-state index is 0.196. The van der Waals surface area contributed by atoms with Crippen molar-refractivity contribution in [1.82, 2.24) is 9.78 Å². The van der Waals surface area contributed by atoms with E-state index in [1.165, 1.54) is 6.07 Å². The number of para-hydroxylation sites is 2. The van der Waals surface area contributed by atoms with Gasteiger partial charge in [0.2, 0.25) is 0 Å². The summed E-state index contributed by atoms with van der Waals surface area (Å²) in [6.07, 6.45) is 2.01. The maximum absolute atomic E-state index is 13.8. The molecule has 0 bridgehead atoms. The number of carbonyl (C=O) groups is 1. The summed E-state index contributed by atoms with van der Waals surface area (Å²) in [7, 11) is 1.94. The number of aromatic nitrogens is 2. The molecule has 1 aromatic heterocycles. The number of anilines is 1. The molecule has 1 unspecified atom stereocenters. The van der Waals surface area contributed by atoms with Crippen LogP contribution in [0.25, 0.3) is 16.9 Å². The molecule has 0 spiro atoms. The Labute approximate surface area is 180 Å². The maximum Gasteiger partial charge on any atom is 0.279 e. The van der Waals surface area contributed by atoms with Gasteiger partial charge in [-0.25, -0.2) is 9.07 Å². The van der Waals surface area contributed by atoms with Gasteiger partial charge in [-0.15, -0.1) is 0 Å². The van der Waals surface area contributed by atoms with Gasteiger partial charge in [-0.1, -0.05) is 60.7 Å². The van der Waals surface area contributed by atoms with Gasteiger partial charge >= 0.3 is 0 Å². The van der Waals surface area contributed by atoms with Gasteiger partial charge in [0.15, 0.2) is 6.54 Å². The fraction of sp³-hybridized carbons (Fsp3) is 0.120. The lowest BCUT2D eigenvalue weighted by Crippen LogP contribution is -3.08. The monoisotopic (exact) mass is 415 g/mol. The molecule has 1 atom stereocenters. The van der Waals surface area contributed by atoms with Crippen LogP contribution in [0.4, 0.5) is 10.1 Å². The highest BCUT2D eigenvalue weighted by atomic mass is 19.1. The minimum atomic E-state index is -0.441. The molecule has 1 heterocycles. The Kier molecular flexibility index (Phi) is 6.19. The Morgan fingerprint density at radius 3 is 2.32 bits per heavy atom. The number of rotatable bonds is 7. The molecule has 0 saturated heterocycles. The van der Waals surface area contributed by atoms with Crippen LogP contribution in [0.5, 0.6) is 0 Å². The normalized spacial score (nSPS) is 11.8. The smallest absolute Gasteiger partial charge is 0.279 e. The molecule has 4 aromatic rings. The summed E-state index contributed by atoms with van der Waals surface area (Å²) in [6.45, 7) is 0.806. The highest BCUT2D eigenvalue weighted by molar-refractivity contribution is 5.91. The third kappa shape index (κ3) is 5.05. The number of benzene rings is 3. The number of carbonyl (C=O) groups excluding carboxylic acids is 1. The molecule has 3 aromatic carbocycles. The zero-order chi connectivity index (χ0) is 21.6.